The highest BCUT2D eigenvalue weighted by Crippen LogP contribution is 2.18. The van der Waals surface area contributed by atoms with Gasteiger partial charge in [-0.3, -0.25) is 4.79 Å². The van der Waals surface area contributed by atoms with Crippen molar-refractivity contribution in [3.63, 3.8) is 0 Å². The van der Waals surface area contributed by atoms with Gasteiger partial charge in [0.05, 0.1) is 5.56 Å². The number of carbonyl (C=O) groups is 1. The molecule has 0 spiro atoms. The second-order valence-corrected chi connectivity index (χ2v) is 4.41. The van der Waals surface area contributed by atoms with E-state index in [-0.39, 0.29) is 11.3 Å². The number of phenolic OH excluding ortho intramolecular Hbond substituents is 1. The number of hydrogen-bond donors (Lipinski definition) is 3. The molecule has 0 saturated carbocycles. The van der Waals surface area contributed by atoms with Gasteiger partial charge in [0.1, 0.15) is 11.6 Å². The highest BCUT2D eigenvalue weighted by molar-refractivity contribution is 5.96. The number of aromatic hydroxyl groups is 1. The topological polar surface area (TPSA) is 75.3 Å². The monoisotopic (exact) mass is 254 g/mol. The van der Waals surface area contributed by atoms with Gasteiger partial charge in [0.2, 0.25) is 0 Å². The van der Waals surface area contributed by atoms with E-state index < -0.39 is 17.3 Å². The Morgan fingerprint density at radius 3 is 2.56 bits per heavy atom. The number of benzene rings is 1. The van der Waals surface area contributed by atoms with Gasteiger partial charge in [-0.05, 0) is 25.0 Å². The molecule has 1 rings (SSSR count). The first-order chi connectivity index (χ1) is 8.41. The molecule has 1 aromatic carbocycles. The van der Waals surface area contributed by atoms with E-state index in [9.17, 15) is 14.3 Å². The van der Waals surface area contributed by atoms with Crippen molar-refractivity contribution in [1.82, 2.24) is 5.32 Å². The lowest BCUT2D eigenvalue weighted by atomic mass is 9.94. The summed E-state index contributed by atoms with van der Waals surface area (Å²) in [7, 11) is 0. The number of phenols is 1. The van der Waals surface area contributed by atoms with Gasteiger partial charge in [-0.1, -0.05) is 13.8 Å². The third-order valence-electron chi connectivity index (χ3n) is 3.21. The van der Waals surface area contributed by atoms with E-state index >= 15 is 0 Å². The van der Waals surface area contributed by atoms with Crippen LogP contribution in [-0.4, -0.2) is 23.1 Å². The molecule has 5 heteroatoms. The summed E-state index contributed by atoms with van der Waals surface area (Å²) in [6.07, 6.45) is 1.47. The molecule has 0 unspecified atom stereocenters. The number of nitrogens with one attached hydrogen (secondary N) is 1. The van der Waals surface area contributed by atoms with Gasteiger partial charge >= 0.3 is 0 Å². The minimum atomic E-state index is -0.584. The van der Waals surface area contributed by atoms with E-state index in [1.54, 1.807) is 0 Å². The maximum absolute atomic E-state index is 12.8. The van der Waals surface area contributed by atoms with Crippen molar-refractivity contribution >= 4 is 5.91 Å². The quantitative estimate of drug-likeness (QED) is 0.749. The van der Waals surface area contributed by atoms with E-state index in [1.165, 1.54) is 6.07 Å². The van der Waals surface area contributed by atoms with Crippen LogP contribution in [0.25, 0.3) is 0 Å². The van der Waals surface area contributed by atoms with Crippen molar-refractivity contribution in [2.24, 2.45) is 5.73 Å². The molecule has 18 heavy (non-hydrogen) atoms. The summed E-state index contributed by atoms with van der Waals surface area (Å²) in [5.41, 5.74) is 5.64. The predicted octanol–water partition coefficient (Wildman–Crippen LogP) is 1.78. The van der Waals surface area contributed by atoms with Crippen molar-refractivity contribution in [3.05, 3.63) is 29.6 Å². The largest absolute Gasteiger partial charge is 0.507 e. The summed E-state index contributed by atoms with van der Waals surface area (Å²) >= 11 is 0. The van der Waals surface area contributed by atoms with Crippen molar-refractivity contribution < 1.29 is 14.3 Å². The maximum atomic E-state index is 12.8. The van der Waals surface area contributed by atoms with E-state index in [0.717, 1.165) is 25.0 Å². The standard InChI is InChI=1S/C13H19FN2O2/c1-3-13(15,4-2)8-16-12(18)10-6-5-9(14)7-11(10)17/h5-7,17H,3-4,8,15H2,1-2H3,(H,16,18). The van der Waals surface area contributed by atoms with Gasteiger partial charge in [0.25, 0.3) is 5.91 Å². The molecule has 0 fully saturated rings. The summed E-state index contributed by atoms with van der Waals surface area (Å²) in [6, 6.07) is 3.28. The number of halogens is 1. The molecule has 0 saturated heterocycles. The molecule has 0 aliphatic carbocycles. The fraction of sp³-hybridized carbons (Fsp3) is 0.462. The van der Waals surface area contributed by atoms with Crippen molar-refractivity contribution in [3.8, 4) is 5.75 Å². The molecule has 100 valence electrons. The predicted molar refractivity (Wildman–Crippen MR) is 67.9 cm³/mol. The van der Waals surface area contributed by atoms with Gasteiger partial charge in [0, 0.05) is 18.2 Å². The molecule has 0 aliphatic rings. The molecule has 4 nitrogen and oxygen atoms in total. The molecule has 1 amide bonds. The Morgan fingerprint density at radius 2 is 2.06 bits per heavy atom. The number of carbonyl (C=O) groups excluding carboxylic acids is 1. The van der Waals surface area contributed by atoms with Crippen LogP contribution in [0.5, 0.6) is 5.75 Å². The molecule has 0 bridgehead atoms. The number of rotatable bonds is 5. The van der Waals surface area contributed by atoms with Gasteiger partial charge in [-0.15, -0.1) is 0 Å². The van der Waals surface area contributed by atoms with Crippen LogP contribution >= 0.6 is 0 Å². The van der Waals surface area contributed by atoms with E-state index in [0.29, 0.717) is 6.54 Å². The Labute approximate surface area is 106 Å². The lowest BCUT2D eigenvalue weighted by Crippen LogP contribution is -2.49. The number of nitrogens with two attached hydrogens (primary N) is 1. The minimum absolute atomic E-state index is 0.0472. The van der Waals surface area contributed by atoms with Crippen molar-refractivity contribution in [2.75, 3.05) is 6.54 Å². The lowest BCUT2D eigenvalue weighted by molar-refractivity contribution is 0.0939. The maximum Gasteiger partial charge on any atom is 0.255 e. The fourth-order valence-electron chi connectivity index (χ4n) is 1.55. The van der Waals surface area contributed by atoms with Crippen molar-refractivity contribution in [2.45, 2.75) is 32.2 Å². The smallest absolute Gasteiger partial charge is 0.255 e. The number of hydrogen-bond acceptors (Lipinski definition) is 3. The van der Waals surface area contributed by atoms with E-state index in [2.05, 4.69) is 5.32 Å². The summed E-state index contributed by atoms with van der Waals surface area (Å²) in [5.74, 6) is -1.41. The first kappa shape index (κ1) is 14.4. The normalized spacial score (nSPS) is 11.3. The van der Waals surface area contributed by atoms with Gasteiger partial charge in [-0.2, -0.15) is 0 Å². The molecule has 4 N–H and O–H groups in total. The minimum Gasteiger partial charge on any atom is -0.507 e. The van der Waals surface area contributed by atoms with Crippen LogP contribution in [0.3, 0.4) is 0 Å². The van der Waals surface area contributed by atoms with Crippen molar-refractivity contribution in [1.29, 1.82) is 0 Å². The molecule has 0 aromatic heterocycles. The van der Waals surface area contributed by atoms with E-state index in [1.807, 2.05) is 13.8 Å². The van der Waals surface area contributed by atoms with Crippen LogP contribution in [-0.2, 0) is 0 Å². The summed E-state index contributed by atoms with van der Waals surface area (Å²) in [5, 5.41) is 12.1. The average Bonchev–Trinajstić information content (AvgIpc) is 2.35. The zero-order valence-electron chi connectivity index (χ0n) is 10.7. The average molecular weight is 254 g/mol. The fourth-order valence-corrected chi connectivity index (χ4v) is 1.55. The summed E-state index contributed by atoms with van der Waals surface area (Å²) in [6.45, 7) is 4.21. The summed E-state index contributed by atoms with van der Waals surface area (Å²) in [4.78, 5) is 11.8. The molecule has 1 aromatic rings. The number of amides is 1. The Bertz CT molecular complexity index is 431. The molecule has 0 aliphatic heterocycles. The molecule has 0 atom stereocenters. The van der Waals surface area contributed by atoms with Gasteiger partial charge < -0.3 is 16.2 Å². The Hall–Kier alpha value is -1.62. The highest BCUT2D eigenvalue weighted by Gasteiger charge is 2.22. The molecule has 0 heterocycles. The van der Waals surface area contributed by atoms with Gasteiger partial charge in [-0.25, -0.2) is 4.39 Å². The van der Waals surface area contributed by atoms with Crippen LogP contribution in [0.2, 0.25) is 0 Å². The van der Waals surface area contributed by atoms with Crippen LogP contribution in [0.15, 0.2) is 18.2 Å². The first-order valence-electron chi connectivity index (χ1n) is 5.97. The van der Waals surface area contributed by atoms with E-state index in [4.69, 9.17) is 5.73 Å². The molecular formula is C13H19FN2O2. The zero-order valence-corrected chi connectivity index (χ0v) is 10.7. The van der Waals surface area contributed by atoms with Crippen LogP contribution < -0.4 is 11.1 Å². The third kappa shape index (κ3) is 3.43. The first-order valence-corrected chi connectivity index (χ1v) is 5.97. The highest BCUT2D eigenvalue weighted by atomic mass is 19.1. The molecule has 0 radical (unpaired) electrons. The molecular weight excluding hydrogens is 235 g/mol. The van der Waals surface area contributed by atoms with Gasteiger partial charge in [0.15, 0.2) is 0 Å². The van der Waals surface area contributed by atoms with Crippen LogP contribution in [0.1, 0.15) is 37.0 Å². The second-order valence-electron chi connectivity index (χ2n) is 4.41. The summed E-state index contributed by atoms with van der Waals surface area (Å²) < 4.78 is 12.8. The SMILES string of the molecule is CCC(N)(CC)CNC(=O)c1ccc(F)cc1O. The Balaban J connectivity index is 2.71. The zero-order chi connectivity index (χ0) is 13.8. The Kier molecular flexibility index (Phi) is 4.67. The Morgan fingerprint density at radius 1 is 1.44 bits per heavy atom. The second kappa shape index (κ2) is 5.82. The lowest BCUT2D eigenvalue weighted by Gasteiger charge is -2.26. The van der Waals surface area contributed by atoms with Crippen LogP contribution in [0, 0.1) is 5.82 Å². The van der Waals surface area contributed by atoms with Crippen LogP contribution in [0.4, 0.5) is 4.39 Å². The third-order valence-corrected chi connectivity index (χ3v) is 3.21.